The smallest absolute Gasteiger partial charge is 0.322 e. The molecule has 0 aliphatic carbocycles. The van der Waals surface area contributed by atoms with Gasteiger partial charge in [-0.3, -0.25) is 4.79 Å². The molecule has 6 heteroatoms. The van der Waals surface area contributed by atoms with Crippen LogP contribution in [-0.2, 0) is 4.74 Å². The second-order valence-electron chi connectivity index (χ2n) is 5.84. The molecule has 3 amide bonds. The molecule has 0 unspecified atom stereocenters. The molecule has 1 aromatic rings. The van der Waals surface area contributed by atoms with Crippen LogP contribution in [0.15, 0.2) is 18.2 Å². The molecule has 2 N–H and O–H groups in total. The van der Waals surface area contributed by atoms with Crippen LogP contribution in [0.4, 0.5) is 10.5 Å². The van der Waals surface area contributed by atoms with E-state index >= 15 is 0 Å². The van der Waals surface area contributed by atoms with E-state index in [1.807, 2.05) is 20.8 Å². The number of hydrogen-bond acceptors (Lipinski definition) is 3. The summed E-state index contributed by atoms with van der Waals surface area (Å²) in [6, 6.07) is 5.32. The van der Waals surface area contributed by atoms with Crippen LogP contribution < -0.4 is 10.6 Å². The number of ether oxygens (including phenoxy) is 1. The molecule has 1 atom stereocenters. The number of amides is 3. The van der Waals surface area contributed by atoms with Crippen LogP contribution in [0.3, 0.4) is 0 Å². The molecular weight excluding hydrogens is 294 g/mol. The van der Waals surface area contributed by atoms with Gasteiger partial charge in [-0.2, -0.15) is 0 Å². The van der Waals surface area contributed by atoms with Crippen LogP contribution in [0.5, 0.6) is 0 Å². The van der Waals surface area contributed by atoms with Crippen LogP contribution >= 0.6 is 0 Å². The van der Waals surface area contributed by atoms with Crippen molar-refractivity contribution in [3.8, 4) is 0 Å². The third-order valence-electron chi connectivity index (χ3n) is 4.02. The molecule has 126 valence electrons. The summed E-state index contributed by atoms with van der Waals surface area (Å²) in [5, 5.41) is 5.83. The Morgan fingerprint density at radius 1 is 1.30 bits per heavy atom. The summed E-state index contributed by atoms with van der Waals surface area (Å²) >= 11 is 0. The van der Waals surface area contributed by atoms with E-state index in [1.54, 1.807) is 23.1 Å². The number of anilines is 1. The molecule has 0 spiro atoms. The van der Waals surface area contributed by atoms with Gasteiger partial charge in [-0.25, -0.2) is 4.79 Å². The van der Waals surface area contributed by atoms with E-state index in [0.29, 0.717) is 31.9 Å². The maximum Gasteiger partial charge on any atom is 0.322 e. The maximum atomic E-state index is 12.2. The van der Waals surface area contributed by atoms with Gasteiger partial charge < -0.3 is 20.3 Å². The second-order valence-corrected chi connectivity index (χ2v) is 5.84. The van der Waals surface area contributed by atoms with Crippen LogP contribution in [0, 0.1) is 6.92 Å². The maximum absolute atomic E-state index is 12.2. The molecule has 1 fully saturated rings. The standard InChI is InChI=1S/C17H25N3O3/c1-4-13(3)18-16(21)14-5-6-15(12(2)11-14)19-17(22)20-7-9-23-10-8-20/h5-6,11,13H,4,7-10H2,1-3H3,(H,18,21)(H,19,22)/t13-/m0/s1. The highest BCUT2D eigenvalue weighted by Gasteiger charge is 2.18. The van der Waals surface area contributed by atoms with E-state index in [9.17, 15) is 9.59 Å². The topological polar surface area (TPSA) is 70.7 Å². The third kappa shape index (κ3) is 4.69. The molecule has 1 aliphatic rings. The average molecular weight is 319 g/mol. The lowest BCUT2D eigenvalue weighted by atomic mass is 10.1. The Bertz CT molecular complexity index is 568. The number of aryl methyl sites for hydroxylation is 1. The Balaban J connectivity index is 2.01. The molecule has 2 rings (SSSR count). The number of benzene rings is 1. The van der Waals surface area contributed by atoms with Gasteiger partial charge in [-0.15, -0.1) is 0 Å². The quantitative estimate of drug-likeness (QED) is 0.895. The number of nitrogens with one attached hydrogen (secondary N) is 2. The van der Waals surface area contributed by atoms with Gasteiger partial charge in [0.2, 0.25) is 0 Å². The second kappa shape index (κ2) is 7.97. The van der Waals surface area contributed by atoms with Gasteiger partial charge in [0.15, 0.2) is 0 Å². The Kier molecular flexibility index (Phi) is 5.98. The molecule has 0 radical (unpaired) electrons. The number of rotatable bonds is 4. The fraction of sp³-hybridized carbons (Fsp3) is 0.529. The summed E-state index contributed by atoms with van der Waals surface area (Å²) in [7, 11) is 0. The lowest BCUT2D eigenvalue weighted by molar-refractivity contribution is 0.0564. The zero-order chi connectivity index (χ0) is 16.8. The fourth-order valence-electron chi connectivity index (χ4n) is 2.32. The van der Waals surface area contributed by atoms with Crippen molar-refractivity contribution >= 4 is 17.6 Å². The zero-order valence-electron chi connectivity index (χ0n) is 14.0. The van der Waals surface area contributed by atoms with Crippen molar-refractivity contribution in [2.24, 2.45) is 0 Å². The number of urea groups is 1. The van der Waals surface area contributed by atoms with Gasteiger partial charge in [-0.1, -0.05) is 6.92 Å². The van der Waals surface area contributed by atoms with Crippen molar-refractivity contribution in [3.63, 3.8) is 0 Å². The highest BCUT2D eigenvalue weighted by molar-refractivity contribution is 5.96. The number of carbonyl (C=O) groups excluding carboxylic acids is 2. The number of hydrogen-bond donors (Lipinski definition) is 2. The molecule has 0 bridgehead atoms. The number of nitrogens with zero attached hydrogens (tertiary/aromatic N) is 1. The van der Waals surface area contributed by atoms with Crippen molar-refractivity contribution in [1.82, 2.24) is 10.2 Å². The first kappa shape index (κ1) is 17.3. The zero-order valence-corrected chi connectivity index (χ0v) is 14.0. The van der Waals surface area contributed by atoms with Crippen molar-refractivity contribution < 1.29 is 14.3 Å². The van der Waals surface area contributed by atoms with Crippen LogP contribution in [0.1, 0.15) is 36.2 Å². The average Bonchev–Trinajstić information content (AvgIpc) is 2.57. The SMILES string of the molecule is CC[C@H](C)NC(=O)c1ccc(NC(=O)N2CCOCC2)c(C)c1. The molecule has 6 nitrogen and oxygen atoms in total. The van der Waals surface area contributed by atoms with Crippen LogP contribution in [0.25, 0.3) is 0 Å². The third-order valence-corrected chi connectivity index (χ3v) is 4.02. The van der Waals surface area contributed by atoms with Gasteiger partial charge in [-0.05, 0) is 44.0 Å². The molecule has 1 aliphatic heterocycles. The summed E-state index contributed by atoms with van der Waals surface area (Å²) in [4.78, 5) is 26.1. The highest BCUT2D eigenvalue weighted by Crippen LogP contribution is 2.17. The van der Waals surface area contributed by atoms with Gasteiger partial charge in [0.25, 0.3) is 5.91 Å². The Morgan fingerprint density at radius 2 is 2.00 bits per heavy atom. The highest BCUT2D eigenvalue weighted by atomic mass is 16.5. The molecule has 1 saturated heterocycles. The Labute approximate surface area is 137 Å². The Hall–Kier alpha value is -2.08. The summed E-state index contributed by atoms with van der Waals surface area (Å²) in [6.07, 6.45) is 0.887. The predicted molar refractivity (Wildman–Crippen MR) is 89.8 cm³/mol. The number of morpholine rings is 1. The van der Waals surface area contributed by atoms with E-state index in [-0.39, 0.29) is 18.0 Å². The molecule has 23 heavy (non-hydrogen) atoms. The van der Waals surface area contributed by atoms with Gasteiger partial charge in [0.1, 0.15) is 0 Å². The summed E-state index contributed by atoms with van der Waals surface area (Å²) in [5.41, 5.74) is 2.19. The van der Waals surface area contributed by atoms with Crippen molar-refractivity contribution in [2.75, 3.05) is 31.6 Å². The summed E-state index contributed by atoms with van der Waals surface area (Å²) in [5.74, 6) is -0.0893. The monoisotopic (exact) mass is 319 g/mol. The summed E-state index contributed by atoms with van der Waals surface area (Å²) < 4.78 is 5.24. The first-order valence-corrected chi connectivity index (χ1v) is 8.06. The molecule has 1 heterocycles. The Morgan fingerprint density at radius 3 is 2.61 bits per heavy atom. The van der Waals surface area contributed by atoms with Crippen molar-refractivity contribution in [3.05, 3.63) is 29.3 Å². The number of carbonyl (C=O) groups is 2. The molecule has 1 aromatic carbocycles. The minimum atomic E-state index is -0.131. The van der Waals surface area contributed by atoms with E-state index in [2.05, 4.69) is 10.6 Å². The lowest BCUT2D eigenvalue weighted by Crippen LogP contribution is -2.43. The van der Waals surface area contributed by atoms with Gasteiger partial charge >= 0.3 is 6.03 Å². The van der Waals surface area contributed by atoms with Crippen LogP contribution in [0.2, 0.25) is 0 Å². The van der Waals surface area contributed by atoms with Crippen molar-refractivity contribution in [1.29, 1.82) is 0 Å². The largest absolute Gasteiger partial charge is 0.378 e. The summed E-state index contributed by atoms with van der Waals surface area (Å²) in [6.45, 7) is 8.22. The first-order chi connectivity index (χ1) is 11.0. The van der Waals surface area contributed by atoms with E-state index in [0.717, 1.165) is 17.7 Å². The predicted octanol–water partition coefficient (Wildman–Crippen LogP) is 2.39. The van der Waals surface area contributed by atoms with E-state index < -0.39 is 0 Å². The van der Waals surface area contributed by atoms with E-state index in [1.165, 1.54) is 0 Å². The molecular formula is C17H25N3O3. The molecule has 0 saturated carbocycles. The first-order valence-electron chi connectivity index (χ1n) is 8.06. The van der Waals surface area contributed by atoms with Gasteiger partial charge in [0.05, 0.1) is 13.2 Å². The minimum absolute atomic E-state index is 0.0893. The van der Waals surface area contributed by atoms with Crippen LogP contribution in [-0.4, -0.2) is 49.2 Å². The lowest BCUT2D eigenvalue weighted by Gasteiger charge is -2.27. The minimum Gasteiger partial charge on any atom is -0.378 e. The van der Waals surface area contributed by atoms with Crippen molar-refractivity contribution in [2.45, 2.75) is 33.2 Å². The van der Waals surface area contributed by atoms with E-state index in [4.69, 9.17) is 4.74 Å². The fourth-order valence-corrected chi connectivity index (χ4v) is 2.32. The van der Waals surface area contributed by atoms with Gasteiger partial charge in [0, 0.05) is 30.4 Å². The normalized spacial score (nSPS) is 15.9. The molecule has 0 aromatic heterocycles.